The molecule has 3 rings (SSSR count). The van der Waals surface area contributed by atoms with Crippen LogP contribution in [-0.4, -0.2) is 45.4 Å². The molecule has 0 unspecified atom stereocenters. The second-order valence-electron chi connectivity index (χ2n) is 7.14. The Hall–Kier alpha value is -2.98. The minimum atomic E-state index is -1.09. The summed E-state index contributed by atoms with van der Waals surface area (Å²) in [5, 5.41) is 32.3. The number of aromatic nitrogens is 2. The third-order valence-electron chi connectivity index (χ3n) is 4.87. The molecule has 0 saturated carbocycles. The molecule has 0 spiro atoms. The van der Waals surface area contributed by atoms with Gasteiger partial charge in [0.05, 0.1) is 12.5 Å². The molecule has 2 heterocycles. The van der Waals surface area contributed by atoms with Crippen LogP contribution in [0.4, 0.5) is 0 Å². The number of hydrogen-bond acceptors (Lipinski definition) is 8. The van der Waals surface area contributed by atoms with Gasteiger partial charge in [-0.15, -0.1) is 10.2 Å². The molecule has 1 aliphatic rings. The summed E-state index contributed by atoms with van der Waals surface area (Å²) in [5.74, 6) is -1.15. The Bertz CT molecular complexity index is 832. The first-order chi connectivity index (χ1) is 13.9. The van der Waals surface area contributed by atoms with Gasteiger partial charge in [-0.3, -0.25) is 9.59 Å². The highest BCUT2D eigenvalue weighted by atomic mass is 16.4. The van der Waals surface area contributed by atoms with Gasteiger partial charge in [0.1, 0.15) is 11.8 Å². The van der Waals surface area contributed by atoms with Crippen molar-refractivity contribution >= 4 is 11.9 Å². The van der Waals surface area contributed by atoms with Crippen molar-refractivity contribution in [3.63, 3.8) is 0 Å². The number of carboxylic acids is 1. The Morgan fingerprint density at radius 2 is 1.86 bits per heavy atom. The van der Waals surface area contributed by atoms with Gasteiger partial charge in [0.25, 0.3) is 0 Å². The third-order valence-corrected chi connectivity index (χ3v) is 4.87. The molecule has 0 radical (unpaired) electrons. The highest BCUT2D eigenvalue weighted by Crippen LogP contribution is 2.22. The van der Waals surface area contributed by atoms with E-state index in [1.165, 1.54) is 0 Å². The fourth-order valence-electron chi connectivity index (χ4n) is 3.26. The number of carbonyl (C=O) groups is 2. The smallest absolute Gasteiger partial charge is 0.305 e. The Morgan fingerprint density at radius 3 is 2.52 bits per heavy atom. The van der Waals surface area contributed by atoms with Crippen LogP contribution >= 0.6 is 0 Å². The molecule has 1 aliphatic heterocycles. The summed E-state index contributed by atoms with van der Waals surface area (Å²) < 4.78 is 5.61. The number of phenols is 1. The van der Waals surface area contributed by atoms with Gasteiger partial charge in [-0.2, -0.15) is 0 Å². The normalized spacial score (nSPS) is 16.9. The molecule has 2 aromatic rings. The van der Waals surface area contributed by atoms with E-state index in [1.807, 2.05) is 0 Å². The third kappa shape index (κ3) is 5.75. The van der Waals surface area contributed by atoms with Crippen LogP contribution in [0.1, 0.15) is 48.7 Å². The van der Waals surface area contributed by atoms with Crippen molar-refractivity contribution < 1.29 is 24.2 Å². The quantitative estimate of drug-likeness (QED) is 0.425. The molecule has 10 heteroatoms. The van der Waals surface area contributed by atoms with E-state index in [0.717, 1.165) is 18.7 Å². The monoisotopic (exact) mass is 403 g/mol. The van der Waals surface area contributed by atoms with E-state index in [1.54, 1.807) is 24.3 Å². The van der Waals surface area contributed by atoms with Gasteiger partial charge in [-0.1, -0.05) is 12.1 Å². The standard InChI is InChI=1S/C19H25N5O5/c20-14(9-11-1-3-13(25)4-2-11)18-23-24-19(29-18)15(10-16(26)27)22-17(28)12-5-7-21-8-6-12/h1-4,12,14-15,21,25H,5-10,20H2,(H,22,28)(H,26,27)/t14-,15-/m0/s1. The van der Waals surface area contributed by atoms with Gasteiger partial charge in [-0.25, -0.2) is 0 Å². The Balaban J connectivity index is 1.68. The molecule has 0 bridgehead atoms. The maximum atomic E-state index is 12.5. The van der Waals surface area contributed by atoms with E-state index in [0.29, 0.717) is 19.3 Å². The lowest BCUT2D eigenvalue weighted by atomic mass is 9.96. The van der Waals surface area contributed by atoms with Gasteiger partial charge in [-0.05, 0) is 50.0 Å². The van der Waals surface area contributed by atoms with Crippen LogP contribution in [0, 0.1) is 5.92 Å². The molecule has 1 saturated heterocycles. The van der Waals surface area contributed by atoms with Crippen molar-refractivity contribution in [2.75, 3.05) is 13.1 Å². The van der Waals surface area contributed by atoms with Crippen molar-refractivity contribution in [3.05, 3.63) is 41.6 Å². The van der Waals surface area contributed by atoms with Gasteiger partial charge >= 0.3 is 5.97 Å². The highest BCUT2D eigenvalue weighted by molar-refractivity contribution is 5.80. The molecule has 1 fully saturated rings. The molecule has 1 aromatic heterocycles. The number of hydrogen-bond donors (Lipinski definition) is 5. The number of rotatable bonds is 8. The number of amides is 1. The van der Waals surface area contributed by atoms with Crippen LogP contribution in [0.2, 0.25) is 0 Å². The van der Waals surface area contributed by atoms with E-state index in [9.17, 15) is 19.8 Å². The summed E-state index contributed by atoms with van der Waals surface area (Å²) >= 11 is 0. The van der Waals surface area contributed by atoms with Crippen LogP contribution in [0.3, 0.4) is 0 Å². The van der Waals surface area contributed by atoms with Gasteiger partial charge in [0, 0.05) is 5.92 Å². The first-order valence-corrected chi connectivity index (χ1v) is 9.52. The zero-order chi connectivity index (χ0) is 20.8. The Kier molecular flexibility index (Phi) is 6.78. The summed E-state index contributed by atoms with van der Waals surface area (Å²) in [6.45, 7) is 1.50. The van der Waals surface area contributed by atoms with Crippen LogP contribution in [0.15, 0.2) is 28.7 Å². The second-order valence-corrected chi connectivity index (χ2v) is 7.14. The lowest BCUT2D eigenvalue weighted by molar-refractivity contribution is -0.138. The second kappa shape index (κ2) is 9.48. The molecule has 6 N–H and O–H groups in total. The van der Waals surface area contributed by atoms with Crippen LogP contribution in [0.5, 0.6) is 5.75 Å². The largest absolute Gasteiger partial charge is 0.508 e. The first kappa shape index (κ1) is 20.7. The van der Waals surface area contributed by atoms with Gasteiger partial charge < -0.3 is 31.0 Å². The maximum Gasteiger partial charge on any atom is 0.305 e. The number of aliphatic carboxylic acids is 1. The Morgan fingerprint density at radius 1 is 1.21 bits per heavy atom. The molecule has 0 aliphatic carbocycles. The van der Waals surface area contributed by atoms with Gasteiger partial charge in [0.2, 0.25) is 17.7 Å². The topological polar surface area (TPSA) is 164 Å². The van der Waals surface area contributed by atoms with Crippen molar-refractivity contribution in [1.82, 2.24) is 20.8 Å². The summed E-state index contributed by atoms with van der Waals surface area (Å²) in [4.78, 5) is 23.8. The molecule has 2 atom stereocenters. The highest BCUT2D eigenvalue weighted by Gasteiger charge is 2.29. The van der Waals surface area contributed by atoms with Gasteiger partial charge in [0.15, 0.2) is 0 Å². The summed E-state index contributed by atoms with van der Waals surface area (Å²) in [6.07, 6.45) is 1.41. The first-order valence-electron chi connectivity index (χ1n) is 9.52. The molecule has 10 nitrogen and oxygen atoms in total. The van der Waals surface area contributed by atoms with Crippen molar-refractivity contribution in [1.29, 1.82) is 0 Å². The molecule has 1 amide bonds. The van der Waals surface area contributed by atoms with E-state index in [-0.39, 0.29) is 35.8 Å². The molecular weight excluding hydrogens is 378 g/mol. The number of nitrogens with zero attached hydrogens (tertiary/aromatic N) is 2. The summed E-state index contributed by atoms with van der Waals surface area (Å²) in [5.41, 5.74) is 7.00. The molecule has 1 aromatic carbocycles. The fraction of sp³-hybridized carbons (Fsp3) is 0.474. The summed E-state index contributed by atoms with van der Waals surface area (Å²) in [6, 6.07) is 5.06. The van der Waals surface area contributed by atoms with Crippen molar-refractivity contribution in [3.8, 4) is 5.75 Å². The van der Waals surface area contributed by atoms with E-state index in [2.05, 4.69) is 20.8 Å². The number of carbonyl (C=O) groups excluding carboxylic acids is 1. The predicted octanol–water partition coefficient (Wildman–Crippen LogP) is 0.649. The number of carboxylic acid groups (broad SMARTS) is 1. The maximum absolute atomic E-state index is 12.5. The lowest BCUT2D eigenvalue weighted by Gasteiger charge is -2.23. The number of benzene rings is 1. The number of nitrogens with one attached hydrogen (secondary N) is 2. The SMILES string of the molecule is N[C@@H](Cc1ccc(O)cc1)c1nnc([C@H](CC(=O)O)NC(=O)C2CCNCC2)o1. The fourth-order valence-corrected chi connectivity index (χ4v) is 3.26. The number of phenolic OH excluding ortho intramolecular Hbond substituents is 1. The minimum Gasteiger partial charge on any atom is -0.508 e. The number of piperidine rings is 1. The Labute approximate surface area is 167 Å². The van der Waals surface area contributed by atoms with Crippen molar-refractivity contribution in [2.24, 2.45) is 11.7 Å². The number of nitrogens with two attached hydrogens (primary N) is 1. The molecular formula is C19H25N5O5. The predicted molar refractivity (Wildman–Crippen MR) is 102 cm³/mol. The zero-order valence-electron chi connectivity index (χ0n) is 15.9. The molecule has 29 heavy (non-hydrogen) atoms. The van der Waals surface area contributed by atoms with Crippen molar-refractivity contribution in [2.45, 2.75) is 37.8 Å². The lowest BCUT2D eigenvalue weighted by Crippen LogP contribution is -2.40. The average Bonchev–Trinajstić information content (AvgIpc) is 3.20. The van der Waals surface area contributed by atoms with E-state index < -0.39 is 18.1 Å². The van der Waals surface area contributed by atoms with Crippen LogP contribution in [0.25, 0.3) is 0 Å². The van der Waals surface area contributed by atoms with Crippen LogP contribution in [-0.2, 0) is 16.0 Å². The number of aromatic hydroxyl groups is 1. The minimum absolute atomic E-state index is 0.0193. The van der Waals surface area contributed by atoms with Crippen LogP contribution < -0.4 is 16.4 Å². The van der Waals surface area contributed by atoms with E-state index in [4.69, 9.17) is 10.2 Å². The molecule has 156 valence electrons. The summed E-state index contributed by atoms with van der Waals surface area (Å²) in [7, 11) is 0. The zero-order valence-corrected chi connectivity index (χ0v) is 15.9. The average molecular weight is 403 g/mol. The van der Waals surface area contributed by atoms with E-state index >= 15 is 0 Å².